The molecule has 9 heteroatoms. The fourth-order valence-corrected chi connectivity index (χ4v) is 6.87. The summed E-state index contributed by atoms with van der Waals surface area (Å²) in [6, 6.07) is 7.16. The molecule has 0 amide bonds. The van der Waals surface area contributed by atoms with Crippen LogP contribution < -0.4 is 9.47 Å². The zero-order valence-electron chi connectivity index (χ0n) is 23.8. The van der Waals surface area contributed by atoms with Crippen molar-refractivity contribution in [1.29, 1.82) is 0 Å². The number of fused-ring (bicyclic) bond motifs is 4. The minimum absolute atomic E-state index is 0.0155. The Kier molecular flexibility index (Phi) is 6.02. The van der Waals surface area contributed by atoms with Gasteiger partial charge in [-0.3, -0.25) is 14.4 Å². The van der Waals surface area contributed by atoms with E-state index in [9.17, 15) is 34.8 Å². The number of methoxy groups -OCH3 is 2. The van der Waals surface area contributed by atoms with E-state index in [1.807, 2.05) is 13.8 Å². The van der Waals surface area contributed by atoms with E-state index in [1.165, 1.54) is 38.5 Å². The Morgan fingerprint density at radius 2 is 1.48 bits per heavy atom. The highest BCUT2D eigenvalue weighted by Crippen LogP contribution is 2.58. The first kappa shape index (κ1) is 27.5. The minimum Gasteiger partial charge on any atom is -0.507 e. The lowest BCUT2D eigenvalue weighted by Gasteiger charge is -2.42. The van der Waals surface area contributed by atoms with Crippen molar-refractivity contribution in [3.8, 4) is 28.7 Å². The van der Waals surface area contributed by atoms with E-state index in [2.05, 4.69) is 0 Å². The van der Waals surface area contributed by atoms with Gasteiger partial charge in [-0.05, 0) is 65.3 Å². The number of rotatable bonds is 3. The number of hydrogen-bond acceptors (Lipinski definition) is 9. The zero-order valence-corrected chi connectivity index (χ0v) is 23.8. The number of carbonyl (C=O) groups is 3. The van der Waals surface area contributed by atoms with Crippen molar-refractivity contribution in [3.05, 3.63) is 80.4 Å². The summed E-state index contributed by atoms with van der Waals surface area (Å²) in [4.78, 5) is 41.0. The Balaban J connectivity index is 1.74. The Morgan fingerprint density at radius 3 is 2.14 bits per heavy atom. The van der Waals surface area contributed by atoms with Gasteiger partial charge in [-0.25, -0.2) is 0 Å². The molecule has 0 radical (unpaired) electrons. The molecule has 3 aromatic carbocycles. The van der Waals surface area contributed by atoms with Crippen LogP contribution in [0.2, 0.25) is 0 Å². The average molecular weight is 571 g/mol. The smallest absolute Gasteiger partial charge is 0.201 e. The maximum Gasteiger partial charge on any atom is 0.201 e. The van der Waals surface area contributed by atoms with Crippen molar-refractivity contribution in [2.75, 3.05) is 14.2 Å². The van der Waals surface area contributed by atoms with Crippen LogP contribution in [0.25, 0.3) is 5.57 Å². The van der Waals surface area contributed by atoms with Crippen LogP contribution in [-0.2, 0) is 4.79 Å². The minimum atomic E-state index is -1.37. The molecule has 0 aliphatic heterocycles. The van der Waals surface area contributed by atoms with E-state index in [0.29, 0.717) is 23.1 Å². The first-order valence-electron chi connectivity index (χ1n) is 13.5. The number of aromatic hydroxyl groups is 3. The highest BCUT2D eigenvalue weighted by Gasteiger charge is 2.48. The summed E-state index contributed by atoms with van der Waals surface area (Å²) in [5.74, 6) is -3.52. The molecule has 0 aromatic heterocycles. The summed E-state index contributed by atoms with van der Waals surface area (Å²) >= 11 is 0. The summed E-state index contributed by atoms with van der Waals surface area (Å²) in [7, 11) is 2.76. The molecule has 6 rings (SSSR count). The van der Waals surface area contributed by atoms with Gasteiger partial charge in [0.25, 0.3) is 0 Å². The molecule has 1 saturated carbocycles. The van der Waals surface area contributed by atoms with E-state index >= 15 is 0 Å². The predicted octanol–water partition coefficient (Wildman–Crippen LogP) is 4.76. The lowest BCUT2D eigenvalue weighted by atomic mass is 9.61. The van der Waals surface area contributed by atoms with E-state index in [1.54, 1.807) is 13.0 Å². The first-order chi connectivity index (χ1) is 19.8. The summed E-state index contributed by atoms with van der Waals surface area (Å²) < 4.78 is 11.1. The Labute approximate surface area is 241 Å². The highest BCUT2D eigenvalue weighted by atomic mass is 16.5. The van der Waals surface area contributed by atoms with Gasteiger partial charge in [-0.15, -0.1) is 0 Å². The number of phenols is 3. The number of aliphatic hydroxyl groups is 1. The highest BCUT2D eigenvalue weighted by molar-refractivity contribution is 6.31. The van der Waals surface area contributed by atoms with Crippen LogP contribution in [0.4, 0.5) is 0 Å². The van der Waals surface area contributed by atoms with Crippen LogP contribution in [0, 0.1) is 18.3 Å². The number of aliphatic hydroxyl groups excluding tert-OH is 1. The van der Waals surface area contributed by atoms with Gasteiger partial charge in [-0.1, -0.05) is 13.8 Å². The summed E-state index contributed by atoms with van der Waals surface area (Å²) in [6.45, 7) is 5.53. The van der Waals surface area contributed by atoms with Gasteiger partial charge in [0.05, 0.1) is 42.9 Å². The van der Waals surface area contributed by atoms with Crippen molar-refractivity contribution in [1.82, 2.24) is 0 Å². The number of ketones is 3. The van der Waals surface area contributed by atoms with Gasteiger partial charge < -0.3 is 29.9 Å². The van der Waals surface area contributed by atoms with Gasteiger partial charge in [0.2, 0.25) is 5.78 Å². The maximum absolute atomic E-state index is 13.8. The van der Waals surface area contributed by atoms with Gasteiger partial charge in [-0.2, -0.15) is 0 Å². The molecule has 0 bridgehead atoms. The van der Waals surface area contributed by atoms with Crippen LogP contribution in [0.15, 0.2) is 35.9 Å². The van der Waals surface area contributed by atoms with Gasteiger partial charge in [0, 0.05) is 29.2 Å². The Hall–Kier alpha value is -4.63. The molecular weight excluding hydrogens is 540 g/mol. The fraction of sp³-hybridized carbons (Fsp3) is 0.303. The van der Waals surface area contributed by atoms with Crippen molar-refractivity contribution in [3.63, 3.8) is 0 Å². The van der Waals surface area contributed by atoms with Crippen molar-refractivity contribution < 1.29 is 44.3 Å². The molecule has 1 fully saturated rings. The van der Waals surface area contributed by atoms with Crippen molar-refractivity contribution in [2.24, 2.45) is 11.3 Å². The van der Waals surface area contributed by atoms with E-state index in [0.717, 1.165) is 0 Å². The number of benzene rings is 3. The van der Waals surface area contributed by atoms with Crippen LogP contribution in [0.5, 0.6) is 28.7 Å². The van der Waals surface area contributed by atoms with E-state index in [-0.39, 0.29) is 74.1 Å². The number of Topliss-reactive ketones (excluding diaryl/α,β-unsaturated/α-hetero) is 1. The topological polar surface area (TPSA) is 151 Å². The zero-order chi connectivity index (χ0) is 30.4. The van der Waals surface area contributed by atoms with Gasteiger partial charge in [0.15, 0.2) is 5.78 Å². The van der Waals surface area contributed by atoms with Gasteiger partial charge in [0.1, 0.15) is 34.5 Å². The summed E-state index contributed by atoms with van der Waals surface area (Å²) in [5.41, 5.74) is 0.669. The molecule has 0 spiro atoms. The van der Waals surface area contributed by atoms with Crippen molar-refractivity contribution in [2.45, 2.75) is 39.7 Å². The SMILES string of the molecule is COc1cc(O)c2c(c1)C(c1c(OC)cc3c(c1O)C(=O)c1c(O)cc(C)cc1C3=O)=C1CC(C)(C)CC(=O)C1C2O. The molecule has 4 N–H and O–H groups in total. The number of aryl methyl sites for hydroxylation is 1. The quantitative estimate of drug-likeness (QED) is 0.273. The second-order valence-corrected chi connectivity index (χ2v) is 12.0. The van der Waals surface area contributed by atoms with Crippen molar-refractivity contribution >= 4 is 22.9 Å². The third-order valence-corrected chi connectivity index (χ3v) is 8.55. The molecule has 9 nitrogen and oxygen atoms in total. The molecule has 3 aliphatic rings. The molecule has 3 aliphatic carbocycles. The predicted molar refractivity (Wildman–Crippen MR) is 152 cm³/mol. The summed E-state index contributed by atoms with van der Waals surface area (Å²) in [6.07, 6.45) is -0.829. The molecule has 0 heterocycles. The molecule has 2 atom stereocenters. The Morgan fingerprint density at radius 1 is 0.786 bits per heavy atom. The lowest BCUT2D eigenvalue weighted by molar-refractivity contribution is -0.129. The third kappa shape index (κ3) is 3.76. The molecule has 0 saturated heterocycles. The molecule has 3 aromatic rings. The molecular formula is C33H30O9. The maximum atomic E-state index is 13.8. The second kappa shape index (κ2) is 9.19. The monoisotopic (exact) mass is 570 g/mol. The van der Waals surface area contributed by atoms with Gasteiger partial charge >= 0.3 is 0 Å². The van der Waals surface area contributed by atoms with E-state index < -0.39 is 34.8 Å². The first-order valence-corrected chi connectivity index (χ1v) is 13.5. The average Bonchev–Trinajstić information content (AvgIpc) is 2.90. The largest absolute Gasteiger partial charge is 0.507 e. The summed E-state index contributed by atoms with van der Waals surface area (Å²) in [5, 5.41) is 45.0. The molecule has 216 valence electrons. The number of phenolic OH excluding ortho intramolecular Hbond substituents is 3. The van der Waals surface area contributed by atoms with Crippen LogP contribution in [0.1, 0.15) is 86.9 Å². The number of ether oxygens (including phenoxy) is 2. The van der Waals surface area contributed by atoms with Crippen LogP contribution in [-0.4, -0.2) is 52.0 Å². The lowest BCUT2D eigenvalue weighted by Crippen LogP contribution is -2.38. The van der Waals surface area contributed by atoms with Crippen LogP contribution in [0.3, 0.4) is 0 Å². The van der Waals surface area contributed by atoms with E-state index in [4.69, 9.17) is 9.47 Å². The molecule has 42 heavy (non-hydrogen) atoms. The fourth-order valence-electron chi connectivity index (χ4n) is 6.87. The Bertz CT molecular complexity index is 1790. The third-order valence-electron chi connectivity index (χ3n) is 8.55. The second-order valence-electron chi connectivity index (χ2n) is 12.0. The van der Waals surface area contributed by atoms with Crippen LogP contribution >= 0.6 is 0 Å². The molecule has 2 unspecified atom stereocenters. The number of hydrogen-bond donors (Lipinski definition) is 4. The number of carbonyl (C=O) groups excluding carboxylic acids is 3. The normalized spacial score (nSPS) is 20.5. The standard InChI is InChI=1S/C33H30O9/c1-13-6-16-25(19(34)7-13)31(39)27-17(29(16)37)10-22(42-5)28(32(27)40)23-15-8-14(41-4)9-20(35)24(15)30(38)26-18(23)11-33(2,3)12-21(26)36/h6-10,26,30,34-35,38,40H,11-12H2,1-5H3.